The van der Waals surface area contributed by atoms with Crippen LogP contribution in [0.4, 0.5) is 0 Å². The maximum atomic E-state index is 12.5. The monoisotopic (exact) mass is 314 g/mol. The van der Waals surface area contributed by atoms with Gasteiger partial charge >= 0.3 is 0 Å². The van der Waals surface area contributed by atoms with E-state index < -0.39 is 6.04 Å². The predicted molar refractivity (Wildman–Crippen MR) is 87.9 cm³/mol. The van der Waals surface area contributed by atoms with Gasteiger partial charge in [0, 0.05) is 12.1 Å². The van der Waals surface area contributed by atoms with Crippen molar-refractivity contribution in [2.24, 2.45) is 0 Å². The Morgan fingerprint density at radius 3 is 2.82 bits per heavy atom. The molecule has 0 radical (unpaired) electrons. The van der Waals surface area contributed by atoms with Crippen molar-refractivity contribution >= 4 is 23.2 Å². The number of carbonyl (C=O) groups is 2. The van der Waals surface area contributed by atoms with Crippen molar-refractivity contribution in [2.75, 3.05) is 6.54 Å². The third-order valence-corrected chi connectivity index (χ3v) is 4.71. The predicted octanol–water partition coefficient (Wildman–Crippen LogP) is 2.81. The molecule has 0 spiro atoms. The zero-order valence-electron chi connectivity index (χ0n) is 12.2. The van der Waals surface area contributed by atoms with Gasteiger partial charge in [-0.05, 0) is 36.3 Å². The molecular weight excluding hydrogens is 296 g/mol. The SMILES string of the molecule is O=C(NC1CCCCNC1=O)c1sccc1-c1ccccc1. The van der Waals surface area contributed by atoms with E-state index in [9.17, 15) is 9.59 Å². The Balaban J connectivity index is 1.78. The maximum absolute atomic E-state index is 12.5. The number of thiophene rings is 1. The van der Waals surface area contributed by atoms with E-state index in [1.165, 1.54) is 11.3 Å². The van der Waals surface area contributed by atoms with Crippen molar-refractivity contribution in [3.63, 3.8) is 0 Å². The summed E-state index contributed by atoms with van der Waals surface area (Å²) in [5, 5.41) is 7.63. The number of carbonyl (C=O) groups excluding carboxylic acids is 2. The molecule has 1 aliphatic heterocycles. The minimum Gasteiger partial charge on any atom is -0.354 e. The van der Waals surface area contributed by atoms with Gasteiger partial charge in [-0.3, -0.25) is 9.59 Å². The van der Waals surface area contributed by atoms with Crippen LogP contribution in [0.25, 0.3) is 11.1 Å². The Kier molecular flexibility index (Phi) is 4.53. The molecule has 0 aliphatic carbocycles. The van der Waals surface area contributed by atoms with Gasteiger partial charge in [0.15, 0.2) is 0 Å². The number of rotatable bonds is 3. The van der Waals surface area contributed by atoms with Gasteiger partial charge < -0.3 is 10.6 Å². The average Bonchev–Trinajstić information content (AvgIpc) is 2.95. The molecule has 0 saturated carbocycles. The molecule has 1 saturated heterocycles. The van der Waals surface area contributed by atoms with Crippen LogP contribution < -0.4 is 10.6 Å². The van der Waals surface area contributed by atoms with Crippen LogP contribution in [0, 0.1) is 0 Å². The molecule has 0 bridgehead atoms. The highest BCUT2D eigenvalue weighted by molar-refractivity contribution is 7.12. The number of nitrogens with one attached hydrogen (secondary N) is 2. The maximum Gasteiger partial charge on any atom is 0.262 e. The highest BCUT2D eigenvalue weighted by Crippen LogP contribution is 2.28. The second-order valence-electron chi connectivity index (χ2n) is 5.34. The van der Waals surface area contributed by atoms with Gasteiger partial charge in [0.2, 0.25) is 5.91 Å². The third kappa shape index (κ3) is 3.20. The summed E-state index contributed by atoms with van der Waals surface area (Å²) in [5.41, 5.74) is 1.93. The van der Waals surface area contributed by atoms with Crippen LogP contribution in [0.3, 0.4) is 0 Å². The fourth-order valence-corrected chi connectivity index (χ4v) is 3.45. The number of hydrogen-bond acceptors (Lipinski definition) is 3. The quantitative estimate of drug-likeness (QED) is 0.915. The first-order chi connectivity index (χ1) is 10.8. The molecule has 114 valence electrons. The van der Waals surface area contributed by atoms with Crippen LogP contribution >= 0.6 is 11.3 Å². The topological polar surface area (TPSA) is 58.2 Å². The molecule has 3 rings (SSSR count). The third-order valence-electron chi connectivity index (χ3n) is 3.80. The van der Waals surface area contributed by atoms with Crippen molar-refractivity contribution in [1.82, 2.24) is 10.6 Å². The van der Waals surface area contributed by atoms with Crippen LogP contribution in [0.1, 0.15) is 28.9 Å². The Hall–Kier alpha value is -2.14. The second-order valence-corrected chi connectivity index (χ2v) is 6.26. The van der Waals surface area contributed by atoms with Crippen molar-refractivity contribution < 1.29 is 9.59 Å². The fourth-order valence-electron chi connectivity index (χ4n) is 2.63. The number of hydrogen-bond donors (Lipinski definition) is 2. The summed E-state index contributed by atoms with van der Waals surface area (Å²) in [5.74, 6) is -0.250. The van der Waals surface area contributed by atoms with Gasteiger partial charge in [-0.25, -0.2) is 0 Å². The molecule has 1 aromatic carbocycles. The molecular formula is C17H18N2O2S. The van der Waals surface area contributed by atoms with Crippen LogP contribution in [0.2, 0.25) is 0 Å². The Bertz CT molecular complexity index is 666. The van der Waals surface area contributed by atoms with Gasteiger partial charge in [0.1, 0.15) is 6.04 Å². The summed E-state index contributed by atoms with van der Waals surface area (Å²) < 4.78 is 0. The zero-order valence-corrected chi connectivity index (χ0v) is 13.0. The van der Waals surface area contributed by atoms with Gasteiger partial charge in [-0.2, -0.15) is 0 Å². The van der Waals surface area contributed by atoms with E-state index in [0.29, 0.717) is 17.8 Å². The molecule has 1 aromatic heterocycles. The van der Waals surface area contributed by atoms with Gasteiger partial charge in [-0.1, -0.05) is 30.3 Å². The van der Waals surface area contributed by atoms with Crippen molar-refractivity contribution in [2.45, 2.75) is 25.3 Å². The lowest BCUT2D eigenvalue weighted by Gasteiger charge is -2.15. The van der Waals surface area contributed by atoms with E-state index >= 15 is 0 Å². The molecule has 2 aromatic rings. The molecule has 1 fully saturated rings. The van der Waals surface area contributed by atoms with E-state index in [0.717, 1.165) is 24.0 Å². The molecule has 1 unspecified atom stereocenters. The lowest BCUT2D eigenvalue weighted by Crippen LogP contribution is -2.45. The summed E-state index contributed by atoms with van der Waals surface area (Å²) in [6, 6.07) is 11.3. The number of benzene rings is 1. The Labute approximate surface area is 133 Å². The van der Waals surface area contributed by atoms with E-state index in [1.807, 2.05) is 41.8 Å². The Morgan fingerprint density at radius 2 is 2.00 bits per heavy atom. The van der Waals surface area contributed by atoms with E-state index in [-0.39, 0.29) is 11.8 Å². The molecule has 22 heavy (non-hydrogen) atoms. The summed E-state index contributed by atoms with van der Waals surface area (Å²) in [6.45, 7) is 0.694. The number of amides is 2. The summed E-state index contributed by atoms with van der Waals surface area (Å²) >= 11 is 1.40. The van der Waals surface area contributed by atoms with Crippen molar-refractivity contribution in [1.29, 1.82) is 0 Å². The molecule has 2 heterocycles. The second kappa shape index (κ2) is 6.75. The lowest BCUT2D eigenvalue weighted by molar-refractivity contribution is -0.122. The first kappa shape index (κ1) is 14.8. The highest BCUT2D eigenvalue weighted by atomic mass is 32.1. The summed E-state index contributed by atoms with van der Waals surface area (Å²) in [4.78, 5) is 25.2. The zero-order chi connectivity index (χ0) is 15.4. The molecule has 2 N–H and O–H groups in total. The highest BCUT2D eigenvalue weighted by Gasteiger charge is 2.24. The summed E-state index contributed by atoms with van der Waals surface area (Å²) in [7, 11) is 0. The van der Waals surface area contributed by atoms with Crippen LogP contribution in [-0.2, 0) is 4.79 Å². The first-order valence-corrected chi connectivity index (χ1v) is 8.35. The summed E-state index contributed by atoms with van der Waals surface area (Å²) in [6.07, 6.45) is 2.61. The van der Waals surface area contributed by atoms with E-state index in [4.69, 9.17) is 0 Å². The van der Waals surface area contributed by atoms with Gasteiger partial charge in [0.05, 0.1) is 4.88 Å². The largest absolute Gasteiger partial charge is 0.354 e. The minimum atomic E-state index is -0.430. The molecule has 2 amide bonds. The van der Waals surface area contributed by atoms with Crippen LogP contribution in [0.5, 0.6) is 0 Å². The van der Waals surface area contributed by atoms with E-state index in [1.54, 1.807) is 0 Å². The van der Waals surface area contributed by atoms with Gasteiger partial charge in [0.25, 0.3) is 5.91 Å². The van der Waals surface area contributed by atoms with Crippen LogP contribution in [-0.4, -0.2) is 24.4 Å². The van der Waals surface area contributed by atoms with E-state index in [2.05, 4.69) is 10.6 Å². The molecule has 1 aliphatic rings. The average molecular weight is 314 g/mol. The normalized spacial score (nSPS) is 18.4. The smallest absolute Gasteiger partial charge is 0.262 e. The molecule has 1 atom stereocenters. The van der Waals surface area contributed by atoms with Crippen molar-refractivity contribution in [3.05, 3.63) is 46.7 Å². The van der Waals surface area contributed by atoms with Crippen molar-refractivity contribution in [3.8, 4) is 11.1 Å². The van der Waals surface area contributed by atoms with Gasteiger partial charge in [-0.15, -0.1) is 11.3 Å². The molecule has 5 heteroatoms. The van der Waals surface area contributed by atoms with Crippen LogP contribution in [0.15, 0.2) is 41.8 Å². The standard InChI is InChI=1S/C17H18N2O2S/c20-16-14(8-4-5-10-18-16)19-17(21)15-13(9-11-22-15)12-6-2-1-3-7-12/h1-3,6-7,9,11,14H,4-5,8,10H2,(H,18,20)(H,19,21). The fraction of sp³-hybridized carbons (Fsp3) is 0.294. The lowest BCUT2D eigenvalue weighted by atomic mass is 10.1. The first-order valence-electron chi connectivity index (χ1n) is 7.47. The molecule has 4 nitrogen and oxygen atoms in total. The Morgan fingerprint density at radius 1 is 1.18 bits per heavy atom. The minimum absolute atomic E-state index is 0.0799.